The van der Waals surface area contributed by atoms with Crippen LogP contribution in [-0.4, -0.2) is 13.0 Å². The lowest BCUT2D eigenvalue weighted by molar-refractivity contribution is -0.139. The summed E-state index contributed by atoms with van der Waals surface area (Å²) in [5.74, 6) is -0.106. The highest BCUT2D eigenvalue weighted by atomic mass is 16.6. The SMILES string of the molecule is C.CONC(=O)C(C)(C)C. The van der Waals surface area contributed by atoms with E-state index in [1.165, 1.54) is 7.11 Å². The maximum Gasteiger partial charge on any atom is 0.248 e. The van der Waals surface area contributed by atoms with Crippen LogP contribution in [0.25, 0.3) is 0 Å². The van der Waals surface area contributed by atoms with Gasteiger partial charge in [-0.2, -0.15) is 0 Å². The van der Waals surface area contributed by atoms with Crippen molar-refractivity contribution in [3.8, 4) is 0 Å². The third kappa shape index (κ3) is 4.32. The summed E-state index contributed by atoms with van der Waals surface area (Å²) in [7, 11) is 1.42. The number of hydrogen-bond donors (Lipinski definition) is 1. The maximum absolute atomic E-state index is 10.8. The summed E-state index contributed by atoms with van der Waals surface area (Å²) in [5, 5.41) is 0. The minimum Gasteiger partial charge on any atom is -0.277 e. The largest absolute Gasteiger partial charge is 0.277 e. The fourth-order valence-corrected chi connectivity index (χ4v) is 0.246. The van der Waals surface area contributed by atoms with Gasteiger partial charge in [-0.3, -0.25) is 9.63 Å². The zero-order chi connectivity index (χ0) is 7.49. The van der Waals surface area contributed by atoms with Crippen molar-refractivity contribution in [2.75, 3.05) is 7.11 Å². The molecule has 0 aliphatic carbocycles. The van der Waals surface area contributed by atoms with E-state index < -0.39 is 0 Å². The summed E-state index contributed by atoms with van der Waals surface area (Å²) in [6, 6.07) is 0. The van der Waals surface area contributed by atoms with Gasteiger partial charge in [0.15, 0.2) is 0 Å². The van der Waals surface area contributed by atoms with Crippen LogP contribution in [0.15, 0.2) is 0 Å². The topological polar surface area (TPSA) is 38.3 Å². The van der Waals surface area contributed by atoms with Gasteiger partial charge >= 0.3 is 0 Å². The van der Waals surface area contributed by atoms with Gasteiger partial charge in [-0.1, -0.05) is 28.2 Å². The van der Waals surface area contributed by atoms with Crippen LogP contribution in [0.3, 0.4) is 0 Å². The Bertz CT molecular complexity index is 105. The van der Waals surface area contributed by atoms with E-state index in [0.29, 0.717) is 0 Å². The molecule has 0 radical (unpaired) electrons. The highest BCUT2D eigenvalue weighted by molar-refractivity contribution is 5.80. The van der Waals surface area contributed by atoms with Gasteiger partial charge in [-0.15, -0.1) is 0 Å². The molecule has 0 saturated heterocycles. The Labute approximate surface area is 62.7 Å². The Kier molecular flexibility index (Phi) is 5.19. The van der Waals surface area contributed by atoms with E-state index in [1.807, 2.05) is 20.8 Å². The van der Waals surface area contributed by atoms with E-state index in [0.717, 1.165) is 0 Å². The van der Waals surface area contributed by atoms with Crippen molar-refractivity contribution in [3.05, 3.63) is 0 Å². The van der Waals surface area contributed by atoms with Crippen molar-refractivity contribution < 1.29 is 9.63 Å². The molecule has 0 spiro atoms. The summed E-state index contributed by atoms with van der Waals surface area (Å²) in [5.41, 5.74) is 1.88. The van der Waals surface area contributed by atoms with Gasteiger partial charge in [-0.05, 0) is 0 Å². The van der Waals surface area contributed by atoms with Crippen LogP contribution >= 0.6 is 0 Å². The second-order valence-electron chi connectivity index (χ2n) is 2.89. The van der Waals surface area contributed by atoms with Gasteiger partial charge in [0, 0.05) is 5.41 Å². The van der Waals surface area contributed by atoms with Gasteiger partial charge in [0.1, 0.15) is 0 Å². The molecule has 0 unspecified atom stereocenters. The Morgan fingerprint density at radius 3 is 1.90 bits per heavy atom. The zero-order valence-corrected chi connectivity index (χ0v) is 6.32. The van der Waals surface area contributed by atoms with Crippen LogP contribution in [-0.2, 0) is 9.63 Å². The van der Waals surface area contributed by atoms with Crippen LogP contribution in [0.1, 0.15) is 28.2 Å². The van der Waals surface area contributed by atoms with E-state index in [9.17, 15) is 4.79 Å². The third-order valence-corrected chi connectivity index (χ3v) is 0.876. The average molecular weight is 147 g/mol. The number of carbonyl (C=O) groups is 1. The van der Waals surface area contributed by atoms with E-state index in [4.69, 9.17) is 0 Å². The molecule has 62 valence electrons. The number of nitrogens with one attached hydrogen (secondary N) is 1. The van der Waals surface area contributed by atoms with Crippen molar-refractivity contribution in [2.24, 2.45) is 5.41 Å². The summed E-state index contributed by atoms with van der Waals surface area (Å²) >= 11 is 0. The van der Waals surface area contributed by atoms with Crippen LogP contribution < -0.4 is 5.48 Å². The molecule has 0 heterocycles. The first-order chi connectivity index (χ1) is 3.98. The predicted octanol–water partition coefficient (Wildman–Crippen LogP) is 1.35. The molecule has 0 saturated carbocycles. The molecule has 0 aliphatic rings. The number of carbonyl (C=O) groups excluding carboxylic acids is 1. The van der Waals surface area contributed by atoms with E-state index >= 15 is 0 Å². The Morgan fingerprint density at radius 2 is 1.80 bits per heavy atom. The van der Waals surface area contributed by atoms with Crippen molar-refractivity contribution in [2.45, 2.75) is 28.2 Å². The van der Waals surface area contributed by atoms with E-state index in [1.54, 1.807) is 0 Å². The summed E-state index contributed by atoms with van der Waals surface area (Å²) in [6.07, 6.45) is 0. The molecule has 0 rings (SSSR count). The highest BCUT2D eigenvalue weighted by Gasteiger charge is 2.20. The van der Waals surface area contributed by atoms with E-state index in [2.05, 4.69) is 10.3 Å². The lowest BCUT2D eigenvalue weighted by Gasteiger charge is -2.15. The van der Waals surface area contributed by atoms with Crippen molar-refractivity contribution in [3.63, 3.8) is 0 Å². The van der Waals surface area contributed by atoms with Gasteiger partial charge in [0.2, 0.25) is 5.91 Å². The van der Waals surface area contributed by atoms with Gasteiger partial charge < -0.3 is 0 Å². The first-order valence-corrected chi connectivity index (χ1v) is 2.82. The minimum atomic E-state index is -0.365. The Hall–Kier alpha value is -0.570. The fraction of sp³-hybridized carbons (Fsp3) is 0.857. The standard InChI is InChI=1S/C6H13NO2.CH4/c1-6(2,3)5(8)7-9-4;/h1-4H3,(H,7,8);1H4. The number of hydrogen-bond acceptors (Lipinski definition) is 2. The molecule has 10 heavy (non-hydrogen) atoms. The number of amides is 1. The smallest absolute Gasteiger partial charge is 0.248 e. The van der Waals surface area contributed by atoms with Crippen LogP contribution in [0.5, 0.6) is 0 Å². The maximum atomic E-state index is 10.8. The molecule has 0 aromatic rings. The first kappa shape index (κ1) is 12.1. The minimum absolute atomic E-state index is 0. The molecule has 3 nitrogen and oxygen atoms in total. The Balaban J connectivity index is 0. The molecule has 0 aliphatic heterocycles. The molecule has 0 bridgehead atoms. The van der Waals surface area contributed by atoms with Crippen molar-refractivity contribution >= 4 is 5.91 Å². The van der Waals surface area contributed by atoms with Crippen LogP contribution in [0.2, 0.25) is 0 Å². The number of rotatable bonds is 1. The molecule has 0 fully saturated rings. The molecular formula is C7H17NO2. The lowest BCUT2D eigenvalue weighted by Crippen LogP contribution is -2.33. The summed E-state index contributed by atoms with van der Waals surface area (Å²) in [4.78, 5) is 15.3. The molecule has 1 amide bonds. The second kappa shape index (κ2) is 4.28. The van der Waals surface area contributed by atoms with Gasteiger partial charge in [0.25, 0.3) is 0 Å². The van der Waals surface area contributed by atoms with Crippen LogP contribution in [0.4, 0.5) is 0 Å². The highest BCUT2D eigenvalue weighted by Crippen LogP contribution is 2.11. The normalized spacial score (nSPS) is 10.0. The monoisotopic (exact) mass is 147 g/mol. The van der Waals surface area contributed by atoms with Gasteiger partial charge in [0.05, 0.1) is 7.11 Å². The van der Waals surface area contributed by atoms with E-state index in [-0.39, 0.29) is 18.7 Å². The third-order valence-electron chi connectivity index (χ3n) is 0.876. The first-order valence-electron chi connectivity index (χ1n) is 2.82. The van der Waals surface area contributed by atoms with Gasteiger partial charge in [-0.25, -0.2) is 5.48 Å². The van der Waals surface area contributed by atoms with Crippen LogP contribution in [0, 0.1) is 5.41 Å². The average Bonchev–Trinajstić information content (AvgIpc) is 1.64. The zero-order valence-electron chi connectivity index (χ0n) is 6.32. The molecular weight excluding hydrogens is 130 g/mol. The summed E-state index contributed by atoms with van der Waals surface area (Å²) in [6.45, 7) is 5.46. The quantitative estimate of drug-likeness (QED) is 0.568. The molecule has 0 aromatic heterocycles. The molecule has 3 heteroatoms. The lowest BCUT2D eigenvalue weighted by atomic mass is 9.96. The van der Waals surface area contributed by atoms with Crippen molar-refractivity contribution in [1.29, 1.82) is 0 Å². The molecule has 0 atom stereocenters. The second-order valence-corrected chi connectivity index (χ2v) is 2.89. The van der Waals surface area contributed by atoms with Crippen molar-refractivity contribution in [1.82, 2.24) is 5.48 Å². The molecule has 1 N–H and O–H groups in total. The Morgan fingerprint density at radius 1 is 1.40 bits per heavy atom. The number of hydroxylamine groups is 1. The molecule has 0 aromatic carbocycles. The fourth-order valence-electron chi connectivity index (χ4n) is 0.246. The predicted molar refractivity (Wildman–Crippen MR) is 41.3 cm³/mol. The summed E-state index contributed by atoms with van der Waals surface area (Å²) < 4.78 is 0.